The van der Waals surface area contributed by atoms with Gasteiger partial charge >= 0.3 is 0 Å². The van der Waals surface area contributed by atoms with Gasteiger partial charge in [-0.2, -0.15) is 13.5 Å². The van der Waals surface area contributed by atoms with Crippen LogP contribution in [0, 0.1) is 6.92 Å². The normalized spacial score (nSPS) is 13.2. The van der Waals surface area contributed by atoms with E-state index in [9.17, 15) is 8.42 Å². The van der Waals surface area contributed by atoms with E-state index in [1.807, 2.05) is 18.4 Å². The Labute approximate surface area is 190 Å². The highest BCUT2D eigenvalue weighted by atomic mass is 35.5. The van der Waals surface area contributed by atoms with Crippen LogP contribution in [0.5, 0.6) is 0 Å². The number of hydrogen-bond acceptors (Lipinski definition) is 5. The molecule has 2 aromatic heterocycles. The molecule has 0 amide bonds. The van der Waals surface area contributed by atoms with Gasteiger partial charge in [-0.1, -0.05) is 54.8 Å². The highest BCUT2D eigenvalue weighted by molar-refractivity contribution is 7.86. The number of rotatable bonds is 8. The van der Waals surface area contributed by atoms with E-state index in [2.05, 4.69) is 29.3 Å². The largest absolute Gasteiger partial charge is 0.279 e. The van der Waals surface area contributed by atoms with Gasteiger partial charge in [-0.25, -0.2) is 0 Å². The quantitative estimate of drug-likeness (QED) is 0.364. The maximum Gasteiger partial charge on any atom is 0.265 e. The van der Waals surface area contributed by atoms with Crippen molar-refractivity contribution in [1.29, 1.82) is 0 Å². The number of nitrogens with zero attached hydrogens (tertiary/aromatic N) is 1. The minimum absolute atomic E-state index is 0.311. The summed E-state index contributed by atoms with van der Waals surface area (Å²) in [6.07, 6.45) is 6.34. The van der Waals surface area contributed by atoms with Crippen molar-refractivity contribution in [2.24, 2.45) is 0 Å². The number of halogens is 2. The van der Waals surface area contributed by atoms with Crippen LogP contribution < -0.4 is 0 Å². The van der Waals surface area contributed by atoms with Crippen molar-refractivity contribution in [3.63, 3.8) is 0 Å². The van der Waals surface area contributed by atoms with Gasteiger partial charge in [-0.05, 0) is 42.5 Å². The number of allylic oxidation sites excluding steroid dienone is 1. The Morgan fingerprint density at radius 1 is 1.30 bits per heavy atom. The van der Waals surface area contributed by atoms with Crippen molar-refractivity contribution in [3.05, 3.63) is 68.2 Å². The van der Waals surface area contributed by atoms with Gasteiger partial charge in [0.1, 0.15) is 11.8 Å². The molecule has 0 fully saturated rings. The van der Waals surface area contributed by atoms with Gasteiger partial charge < -0.3 is 0 Å². The highest BCUT2D eigenvalue weighted by Gasteiger charge is 2.28. The number of nitrogens with one attached hydrogen (secondary N) is 1. The van der Waals surface area contributed by atoms with E-state index in [-0.39, 0.29) is 0 Å². The monoisotopic (exact) mass is 484 g/mol. The minimum atomic E-state index is -3.78. The summed E-state index contributed by atoms with van der Waals surface area (Å²) in [5.74, 6) is 0. The molecule has 2 heterocycles. The Bertz CT molecular complexity index is 1170. The smallest absolute Gasteiger partial charge is 0.265 e. The van der Waals surface area contributed by atoms with Crippen molar-refractivity contribution in [2.75, 3.05) is 6.26 Å². The van der Waals surface area contributed by atoms with E-state index < -0.39 is 16.2 Å². The fraction of sp³-hybridized carbons (Fsp3) is 0.286. The van der Waals surface area contributed by atoms with Crippen LogP contribution in [0.2, 0.25) is 10.0 Å². The summed E-state index contributed by atoms with van der Waals surface area (Å²) in [5, 5.41) is 10.2. The molecule has 0 aliphatic rings. The molecule has 0 saturated carbocycles. The number of benzene rings is 1. The number of aromatic nitrogens is 2. The average molecular weight is 485 g/mol. The van der Waals surface area contributed by atoms with Crippen molar-refractivity contribution in [2.45, 2.75) is 32.8 Å². The average Bonchev–Trinajstić information content (AvgIpc) is 3.26. The van der Waals surface area contributed by atoms with Gasteiger partial charge in [0.2, 0.25) is 0 Å². The maximum atomic E-state index is 12.0. The first-order chi connectivity index (χ1) is 14.2. The molecule has 1 aromatic carbocycles. The van der Waals surface area contributed by atoms with Gasteiger partial charge in [0, 0.05) is 21.2 Å². The second-order valence-electron chi connectivity index (χ2n) is 6.85. The number of unbranched alkanes of at least 4 members (excludes halogenated alkanes) is 1. The van der Waals surface area contributed by atoms with Crippen LogP contribution in [0.25, 0.3) is 16.6 Å². The van der Waals surface area contributed by atoms with E-state index in [4.69, 9.17) is 27.4 Å². The fourth-order valence-corrected chi connectivity index (χ4v) is 5.04. The van der Waals surface area contributed by atoms with Gasteiger partial charge in [0.15, 0.2) is 0 Å². The summed E-state index contributed by atoms with van der Waals surface area (Å²) in [5.41, 5.74) is 3.63. The molecule has 30 heavy (non-hydrogen) atoms. The molecule has 3 aromatic rings. The zero-order valence-electron chi connectivity index (χ0n) is 16.8. The van der Waals surface area contributed by atoms with Crippen molar-refractivity contribution in [1.82, 2.24) is 10.2 Å². The van der Waals surface area contributed by atoms with Crippen LogP contribution in [-0.4, -0.2) is 24.9 Å². The molecule has 1 atom stereocenters. The summed E-state index contributed by atoms with van der Waals surface area (Å²) in [6, 6.07) is 6.90. The SMILES string of the molecule is CCCC=Cc1ccsc1-c1n[nH]c(C(OS(C)(=O)=O)c2ccc(Cl)cc2Cl)c1C. The summed E-state index contributed by atoms with van der Waals surface area (Å²) in [4.78, 5) is 1.00. The standard InChI is InChI=1S/C21H22Cl2N2O3S2/c1-4-5-6-7-14-10-11-29-21(14)19-13(2)18(24-25-19)20(28-30(3,26)27)16-9-8-15(22)12-17(16)23/h6-12,20H,4-5H2,1-3H3,(H,24,25). The molecule has 3 rings (SSSR count). The molecule has 160 valence electrons. The van der Waals surface area contributed by atoms with E-state index in [0.29, 0.717) is 21.3 Å². The lowest BCUT2D eigenvalue weighted by Gasteiger charge is -2.18. The molecule has 5 nitrogen and oxygen atoms in total. The zero-order chi connectivity index (χ0) is 21.9. The number of aromatic amines is 1. The van der Waals surface area contributed by atoms with Crippen LogP contribution in [0.15, 0.2) is 35.7 Å². The van der Waals surface area contributed by atoms with Crippen LogP contribution in [0.4, 0.5) is 0 Å². The fourth-order valence-electron chi connectivity index (χ4n) is 3.05. The minimum Gasteiger partial charge on any atom is -0.279 e. The molecule has 1 unspecified atom stereocenters. The van der Waals surface area contributed by atoms with E-state index in [1.54, 1.807) is 29.5 Å². The van der Waals surface area contributed by atoms with Crippen molar-refractivity contribution in [3.8, 4) is 10.6 Å². The van der Waals surface area contributed by atoms with Crippen molar-refractivity contribution >= 4 is 50.7 Å². The molecule has 0 spiro atoms. The Morgan fingerprint density at radius 3 is 2.73 bits per heavy atom. The van der Waals surface area contributed by atoms with Gasteiger partial charge in [-0.3, -0.25) is 9.28 Å². The molecule has 0 aliphatic heterocycles. The lowest BCUT2D eigenvalue weighted by Crippen LogP contribution is -2.13. The molecule has 0 bridgehead atoms. The molecule has 9 heteroatoms. The molecular formula is C21H22Cl2N2O3S2. The van der Waals surface area contributed by atoms with Gasteiger partial charge in [0.25, 0.3) is 10.1 Å². The van der Waals surface area contributed by atoms with Crippen LogP contribution in [-0.2, 0) is 14.3 Å². The van der Waals surface area contributed by atoms with Crippen molar-refractivity contribution < 1.29 is 12.6 Å². The number of thiophene rings is 1. The Hall–Kier alpha value is -1.64. The molecular weight excluding hydrogens is 463 g/mol. The summed E-state index contributed by atoms with van der Waals surface area (Å²) in [7, 11) is -3.78. The third-order valence-electron chi connectivity index (χ3n) is 4.49. The number of H-pyrrole nitrogens is 1. The van der Waals surface area contributed by atoms with Gasteiger partial charge in [-0.15, -0.1) is 11.3 Å². The summed E-state index contributed by atoms with van der Waals surface area (Å²) < 4.78 is 29.4. The predicted molar refractivity (Wildman–Crippen MR) is 125 cm³/mol. The Morgan fingerprint density at radius 2 is 2.07 bits per heavy atom. The predicted octanol–water partition coefficient (Wildman–Crippen LogP) is 6.63. The topological polar surface area (TPSA) is 72.0 Å². The Balaban J connectivity index is 2.07. The van der Waals surface area contributed by atoms with Crippen LogP contribution in [0.1, 0.15) is 48.3 Å². The second kappa shape index (κ2) is 9.66. The van der Waals surface area contributed by atoms with E-state index in [1.165, 1.54) is 0 Å². The molecule has 0 aliphatic carbocycles. The Kier molecular flexibility index (Phi) is 7.42. The first-order valence-electron chi connectivity index (χ1n) is 9.33. The molecule has 1 N–H and O–H groups in total. The van der Waals surface area contributed by atoms with E-state index >= 15 is 0 Å². The first-order valence-corrected chi connectivity index (χ1v) is 12.8. The number of hydrogen-bond donors (Lipinski definition) is 1. The second-order valence-corrected chi connectivity index (χ2v) is 10.2. The zero-order valence-corrected chi connectivity index (χ0v) is 19.9. The lowest BCUT2D eigenvalue weighted by molar-refractivity contribution is 0.250. The molecule has 0 radical (unpaired) electrons. The van der Waals surface area contributed by atoms with Crippen LogP contribution >= 0.6 is 34.5 Å². The maximum absolute atomic E-state index is 12.0. The summed E-state index contributed by atoms with van der Waals surface area (Å²) in [6.45, 7) is 4.02. The van der Waals surface area contributed by atoms with Gasteiger partial charge in [0.05, 0.1) is 16.8 Å². The van der Waals surface area contributed by atoms with Crippen LogP contribution in [0.3, 0.4) is 0 Å². The highest BCUT2D eigenvalue weighted by Crippen LogP contribution is 2.39. The van der Waals surface area contributed by atoms with E-state index in [0.717, 1.165) is 40.8 Å². The third-order valence-corrected chi connectivity index (χ3v) is 6.53. The lowest BCUT2D eigenvalue weighted by atomic mass is 10.0. The summed E-state index contributed by atoms with van der Waals surface area (Å²) >= 11 is 13.9. The third kappa shape index (κ3) is 5.34. The molecule has 0 saturated heterocycles. The first kappa shape index (κ1) is 23.0.